The highest BCUT2D eigenvalue weighted by Crippen LogP contribution is 2.32. The number of aliphatic hydroxyl groups is 1. The van der Waals surface area contributed by atoms with E-state index in [2.05, 4.69) is 0 Å². The fourth-order valence-corrected chi connectivity index (χ4v) is 2.03. The molecule has 1 heterocycles. The quantitative estimate of drug-likeness (QED) is 0.631. The number of unbranched alkanes of at least 4 members (excludes halogenated alkanes) is 1. The van der Waals surface area contributed by atoms with Gasteiger partial charge in [0.15, 0.2) is 6.61 Å². The van der Waals surface area contributed by atoms with Crippen LogP contribution in [0.4, 0.5) is 5.69 Å². The van der Waals surface area contributed by atoms with Gasteiger partial charge in [0.1, 0.15) is 12.3 Å². The molecule has 1 N–H and O–H groups in total. The van der Waals surface area contributed by atoms with Crippen molar-refractivity contribution < 1.29 is 24.2 Å². The van der Waals surface area contributed by atoms with Crippen molar-refractivity contribution in [3.63, 3.8) is 0 Å². The first-order valence-corrected chi connectivity index (χ1v) is 6.98. The van der Waals surface area contributed by atoms with Crippen molar-refractivity contribution in [2.24, 2.45) is 0 Å². The molecule has 2 rings (SSSR count). The summed E-state index contributed by atoms with van der Waals surface area (Å²) in [4.78, 5) is 25.0. The largest absolute Gasteiger partial charge is 0.482 e. The van der Waals surface area contributed by atoms with E-state index in [1.807, 2.05) is 6.92 Å². The van der Waals surface area contributed by atoms with Gasteiger partial charge in [-0.05, 0) is 24.1 Å². The molecule has 0 saturated carbocycles. The summed E-state index contributed by atoms with van der Waals surface area (Å²) >= 11 is 0. The molecule has 0 unspecified atom stereocenters. The van der Waals surface area contributed by atoms with Crippen LogP contribution in [0.2, 0.25) is 0 Å². The van der Waals surface area contributed by atoms with E-state index in [0.29, 0.717) is 23.6 Å². The molecule has 0 fully saturated rings. The van der Waals surface area contributed by atoms with E-state index in [1.165, 1.54) is 4.90 Å². The fourth-order valence-electron chi connectivity index (χ4n) is 2.03. The topological polar surface area (TPSA) is 76.1 Å². The molecule has 0 aliphatic carbocycles. The van der Waals surface area contributed by atoms with Gasteiger partial charge in [-0.15, -0.1) is 0 Å². The van der Waals surface area contributed by atoms with Gasteiger partial charge in [-0.3, -0.25) is 14.5 Å². The van der Waals surface area contributed by atoms with Crippen molar-refractivity contribution in [1.29, 1.82) is 0 Å². The normalized spacial score (nSPS) is 13.6. The Morgan fingerprint density at radius 3 is 3.00 bits per heavy atom. The number of fused-ring (bicyclic) bond motifs is 1. The van der Waals surface area contributed by atoms with Crippen LogP contribution in [0, 0.1) is 0 Å². The Morgan fingerprint density at radius 2 is 2.29 bits per heavy atom. The third kappa shape index (κ3) is 3.72. The number of carbonyl (C=O) groups excluding carboxylic acids is 2. The predicted molar refractivity (Wildman–Crippen MR) is 76.1 cm³/mol. The SMILES string of the molecule is CCCCOC(=O)CN1C(=O)COc2cc(CO)ccc21. The molecule has 0 aromatic heterocycles. The van der Waals surface area contributed by atoms with Crippen molar-refractivity contribution in [1.82, 2.24) is 0 Å². The maximum absolute atomic E-state index is 11.9. The minimum Gasteiger partial charge on any atom is -0.482 e. The monoisotopic (exact) mass is 293 g/mol. The van der Waals surface area contributed by atoms with E-state index in [4.69, 9.17) is 14.6 Å². The van der Waals surface area contributed by atoms with Gasteiger partial charge < -0.3 is 14.6 Å². The minimum atomic E-state index is -0.434. The Bertz CT molecular complexity index is 529. The van der Waals surface area contributed by atoms with Gasteiger partial charge in [0.2, 0.25) is 0 Å². The number of benzene rings is 1. The molecule has 1 aliphatic rings. The molecular weight excluding hydrogens is 274 g/mol. The van der Waals surface area contributed by atoms with Gasteiger partial charge in [0.25, 0.3) is 5.91 Å². The van der Waals surface area contributed by atoms with Crippen LogP contribution in [-0.4, -0.2) is 36.7 Å². The van der Waals surface area contributed by atoms with Gasteiger partial charge in [0.05, 0.1) is 18.9 Å². The van der Waals surface area contributed by atoms with Gasteiger partial charge >= 0.3 is 5.97 Å². The molecule has 114 valence electrons. The highest BCUT2D eigenvalue weighted by atomic mass is 16.5. The summed E-state index contributed by atoms with van der Waals surface area (Å²) in [6.07, 6.45) is 1.75. The van der Waals surface area contributed by atoms with Gasteiger partial charge in [-0.25, -0.2) is 0 Å². The van der Waals surface area contributed by atoms with E-state index < -0.39 is 5.97 Å². The average Bonchev–Trinajstić information content (AvgIpc) is 2.50. The molecule has 1 amide bonds. The molecular formula is C15H19NO5. The summed E-state index contributed by atoms with van der Waals surface area (Å²) in [6, 6.07) is 5.02. The summed E-state index contributed by atoms with van der Waals surface area (Å²) in [5.41, 5.74) is 1.21. The van der Waals surface area contributed by atoms with Gasteiger partial charge in [-0.1, -0.05) is 19.4 Å². The number of hydrogen-bond acceptors (Lipinski definition) is 5. The Hall–Kier alpha value is -2.08. The maximum Gasteiger partial charge on any atom is 0.326 e. The first-order chi connectivity index (χ1) is 10.2. The Kier molecular flexibility index (Phi) is 5.16. The smallest absolute Gasteiger partial charge is 0.326 e. The molecule has 0 saturated heterocycles. The number of aliphatic hydroxyl groups excluding tert-OH is 1. The van der Waals surface area contributed by atoms with Crippen LogP contribution in [0.5, 0.6) is 5.75 Å². The van der Waals surface area contributed by atoms with Crippen molar-refractivity contribution in [3.8, 4) is 5.75 Å². The number of amides is 1. The van der Waals surface area contributed by atoms with Crippen LogP contribution in [0.25, 0.3) is 0 Å². The maximum atomic E-state index is 11.9. The second-order valence-electron chi connectivity index (χ2n) is 4.80. The number of carbonyl (C=O) groups is 2. The zero-order valence-electron chi connectivity index (χ0n) is 12.0. The summed E-state index contributed by atoms with van der Waals surface area (Å²) in [5.74, 6) is -0.231. The van der Waals surface area contributed by atoms with E-state index in [0.717, 1.165) is 12.8 Å². The minimum absolute atomic E-state index is 0.107. The highest BCUT2D eigenvalue weighted by molar-refractivity contribution is 6.01. The Morgan fingerprint density at radius 1 is 1.48 bits per heavy atom. The number of rotatable bonds is 6. The zero-order valence-corrected chi connectivity index (χ0v) is 12.0. The lowest BCUT2D eigenvalue weighted by Gasteiger charge is -2.28. The summed E-state index contributed by atoms with van der Waals surface area (Å²) in [6.45, 7) is 2.02. The van der Waals surface area contributed by atoms with Crippen LogP contribution in [0.1, 0.15) is 25.3 Å². The molecule has 21 heavy (non-hydrogen) atoms. The number of ether oxygens (including phenoxy) is 2. The lowest BCUT2D eigenvalue weighted by atomic mass is 10.1. The summed E-state index contributed by atoms with van der Waals surface area (Å²) in [5, 5.41) is 9.11. The molecule has 0 radical (unpaired) electrons. The zero-order chi connectivity index (χ0) is 15.2. The number of anilines is 1. The van der Waals surface area contributed by atoms with Crippen LogP contribution >= 0.6 is 0 Å². The van der Waals surface area contributed by atoms with Crippen LogP contribution in [0.3, 0.4) is 0 Å². The molecule has 6 nitrogen and oxygen atoms in total. The lowest BCUT2D eigenvalue weighted by molar-refractivity contribution is -0.143. The molecule has 1 aromatic carbocycles. The second-order valence-corrected chi connectivity index (χ2v) is 4.80. The van der Waals surface area contributed by atoms with Gasteiger partial charge in [0, 0.05) is 0 Å². The number of nitrogens with zero attached hydrogens (tertiary/aromatic N) is 1. The molecule has 6 heteroatoms. The molecule has 1 aliphatic heterocycles. The van der Waals surface area contributed by atoms with E-state index in [-0.39, 0.29) is 25.7 Å². The van der Waals surface area contributed by atoms with Crippen molar-refractivity contribution in [2.45, 2.75) is 26.4 Å². The van der Waals surface area contributed by atoms with E-state index in [9.17, 15) is 9.59 Å². The van der Waals surface area contributed by atoms with Crippen molar-refractivity contribution >= 4 is 17.6 Å². The number of esters is 1. The average molecular weight is 293 g/mol. The first kappa shape index (κ1) is 15.3. The third-order valence-corrected chi connectivity index (χ3v) is 3.20. The van der Waals surface area contributed by atoms with Crippen molar-refractivity contribution in [3.05, 3.63) is 23.8 Å². The molecule has 0 bridgehead atoms. The van der Waals surface area contributed by atoms with Gasteiger partial charge in [-0.2, -0.15) is 0 Å². The number of hydrogen-bond donors (Lipinski definition) is 1. The molecule has 0 atom stereocenters. The second kappa shape index (κ2) is 7.08. The van der Waals surface area contributed by atoms with E-state index in [1.54, 1.807) is 18.2 Å². The van der Waals surface area contributed by atoms with E-state index >= 15 is 0 Å². The van der Waals surface area contributed by atoms with Crippen LogP contribution in [0.15, 0.2) is 18.2 Å². The summed E-state index contributed by atoms with van der Waals surface area (Å²) < 4.78 is 10.4. The fraction of sp³-hybridized carbons (Fsp3) is 0.467. The molecule has 1 aromatic rings. The third-order valence-electron chi connectivity index (χ3n) is 3.20. The molecule has 0 spiro atoms. The van der Waals surface area contributed by atoms with Crippen LogP contribution < -0.4 is 9.64 Å². The predicted octanol–water partition coefficient (Wildman–Crippen LogP) is 1.25. The Labute approximate surface area is 123 Å². The highest BCUT2D eigenvalue weighted by Gasteiger charge is 2.27. The summed E-state index contributed by atoms with van der Waals surface area (Å²) in [7, 11) is 0. The Balaban J connectivity index is 2.09. The van der Waals surface area contributed by atoms with Crippen molar-refractivity contribution in [2.75, 3.05) is 24.7 Å². The first-order valence-electron chi connectivity index (χ1n) is 6.98. The lowest BCUT2D eigenvalue weighted by Crippen LogP contribution is -2.42. The van der Waals surface area contributed by atoms with Crippen LogP contribution in [-0.2, 0) is 20.9 Å². The standard InChI is InChI=1S/C15H19NO5/c1-2-3-6-20-15(19)8-16-12-5-4-11(9-17)7-13(12)21-10-14(16)18/h4-5,7,17H,2-3,6,8-10H2,1H3.